The third-order valence-corrected chi connectivity index (χ3v) is 8.07. The average Bonchev–Trinajstić information content (AvgIpc) is 3.14. The lowest BCUT2D eigenvalue weighted by Crippen LogP contribution is -2.41. The molecule has 3 aromatic rings. The molecule has 0 aliphatic carbocycles. The van der Waals surface area contributed by atoms with E-state index in [0.717, 1.165) is 29.4 Å². The molecule has 0 amide bonds. The number of aryl methyl sites for hydroxylation is 1. The summed E-state index contributed by atoms with van der Waals surface area (Å²) in [6, 6.07) is 29.8. The van der Waals surface area contributed by atoms with E-state index in [1.54, 1.807) is 0 Å². The van der Waals surface area contributed by atoms with E-state index in [-0.39, 0.29) is 18.3 Å². The summed E-state index contributed by atoms with van der Waals surface area (Å²) in [5.74, 6) is -0.890. The third kappa shape index (κ3) is 7.06. The highest BCUT2D eigenvalue weighted by atomic mass is 16.7. The van der Waals surface area contributed by atoms with E-state index >= 15 is 0 Å². The molecule has 3 aromatic carbocycles. The minimum Gasteiger partial charge on any atom is -0.479 e. The van der Waals surface area contributed by atoms with Crippen molar-refractivity contribution in [3.63, 3.8) is 0 Å². The highest BCUT2D eigenvalue weighted by Gasteiger charge is 2.50. The quantitative estimate of drug-likeness (QED) is 0.154. The van der Waals surface area contributed by atoms with Crippen LogP contribution < -0.4 is 0 Å². The van der Waals surface area contributed by atoms with Gasteiger partial charge in [0.15, 0.2) is 5.54 Å². The summed E-state index contributed by atoms with van der Waals surface area (Å²) in [5, 5.41) is 10.7. The highest BCUT2D eigenvalue weighted by Crippen LogP contribution is 2.38. The van der Waals surface area contributed by atoms with Gasteiger partial charge in [0.05, 0.1) is 16.9 Å². The molecule has 0 saturated carbocycles. The second-order valence-corrected chi connectivity index (χ2v) is 11.4. The minimum absolute atomic E-state index is 0.286. The molecule has 1 heterocycles. The van der Waals surface area contributed by atoms with Crippen LogP contribution in [0.5, 0.6) is 0 Å². The Morgan fingerprint density at radius 2 is 1.26 bits per heavy atom. The predicted molar refractivity (Wildman–Crippen MR) is 158 cm³/mol. The van der Waals surface area contributed by atoms with Gasteiger partial charge >= 0.3 is 13.1 Å². The van der Waals surface area contributed by atoms with Crippen LogP contribution in [-0.4, -0.2) is 40.6 Å². The smallest absolute Gasteiger partial charge is 0.457 e. The molecule has 204 valence electrons. The minimum atomic E-state index is -1.27. The zero-order valence-electron chi connectivity index (χ0n) is 23.6. The number of aliphatic carboxylic acids is 1. The maximum atomic E-state index is 13.1. The van der Waals surface area contributed by atoms with Crippen molar-refractivity contribution < 1.29 is 19.2 Å². The predicted octanol–water partition coefficient (Wildman–Crippen LogP) is 7.24. The number of nitrogens with zero attached hydrogens (tertiary/aromatic N) is 1. The van der Waals surface area contributed by atoms with Crippen LogP contribution in [-0.2, 0) is 20.5 Å². The topological polar surface area (TPSA) is 68.1 Å². The fourth-order valence-corrected chi connectivity index (χ4v) is 5.01. The van der Waals surface area contributed by atoms with Gasteiger partial charge in [-0.1, -0.05) is 104 Å². The molecule has 1 fully saturated rings. The molecule has 0 aromatic heterocycles. The SMILES string of the molecule is CC1(C)OB(CCCCC(CCc2ccccc2)(N=C(c2ccccc2)c2ccccc2)C(=O)O)OC1(C)C. The summed E-state index contributed by atoms with van der Waals surface area (Å²) in [6.45, 7) is 8.20. The van der Waals surface area contributed by atoms with Gasteiger partial charge in [-0.3, -0.25) is 4.99 Å². The van der Waals surface area contributed by atoms with E-state index in [0.29, 0.717) is 31.4 Å². The van der Waals surface area contributed by atoms with Crippen LogP contribution in [0.15, 0.2) is 96.0 Å². The van der Waals surface area contributed by atoms with Crippen LogP contribution in [0.2, 0.25) is 6.32 Å². The summed E-state index contributed by atoms with van der Waals surface area (Å²) in [6.07, 6.45) is 3.67. The third-order valence-electron chi connectivity index (χ3n) is 8.07. The van der Waals surface area contributed by atoms with Crippen molar-refractivity contribution >= 4 is 18.8 Å². The van der Waals surface area contributed by atoms with Crippen LogP contribution in [0.25, 0.3) is 0 Å². The number of aliphatic imine (C=N–C) groups is 1. The van der Waals surface area contributed by atoms with Crippen molar-refractivity contribution in [1.29, 1.82) is 0 Å². The zero-order chi connectivity index (χ0) is 27.9. The van der Waals surface area contributed by atoms with Crippen LogP contribution in [0, 0.1) is 0 Å². The Balaban J connectivity index is 1.62. The van der Waals surface area contributed by atoms with E-state index in [2.05, 4.69) is 27.7 Å². The second-order valence-electron chi connectivity index (χ2n) is 11.4. The molecule has 1 aliphatic heterocycles. The maximum absolute atomic E-state index is 13.1. The van der Waals surface area contributed by atoms with Crippen LogP contribution in [0.3, 0.4) is 0 Å². The largest absolute Gasteiger partial charge is 0.479 e. The number of rotatable bonds is 12. The van der Waals surface area contributed by atoms with Gasteiger partial charge in [0.25, 0.3) is 0 Å². The van der Waals surface area contributed by atoms with Crippen molar-refractivity contribution in [2.45, 2.75) is 82.9 Å². The lowest BCUT2D eigenvalue weighted by atomic mass is 9.79. The Bertz CT molecular complexity index is 1190. The lowest BCUT2D eigenvalue weighted by molar-refractivity contribution is -0.143. The Morgan fingerprint density at radius 3 is 1.74 bits per heavy atom. The van der Waals surface area contributed by atoms with Gasteiger partial charge in [-0.15, -0.1) is 0 Å². The Hall–Kier alpha value is -3.22. The lowest BCUT2D eigenvalue weighted by Gasteiger charge is -2.32. The molecule has 0 spiro atoms. The van der Waals surface area contributed by atoms with E-state index in [1.807, 2.05) is 91.0 Å². The fraction of sp³-hybridized carbons (Fsp3) is 0.394. The number of hydrogen-bond donors (Lipinski definition) is 1. The molecule has 4 rings (SSSR count). The normalized spacial score (nSPS) is 17.4. The van der Waals surface area contributed by atoms with Crippen LogP contribution in [0.1, 0.15) is 70.1 Å². The summed E-state index contributed by atoms with van der Waals surface area (Å²) in [7, 11) is -0.286. The molecule has 1 unspecified atom stereocenters. The Morgan fingerprint density at radius 1 is 0.769 bits per heavy atom. The number of carboxylic acids is 1. The fourth-order valence-electron chi connectivity index (χ4n) is 5.01. The molecule has 1 atom stereocenters. The number of carbonyl (C=O) groups is 1. The van der Waals surface area contributed by atoms with Crippen molar-refractivity contribution in [2.24, 2.45) is 4.99 Å². The van der Waals surface area contributed by atoms with Gasteiger partial charge in [-0.25, -0.2) is 4.79 Å². The van der Waals surface area contributed by atoms with Gasteiger partial charge in [0.1, 0.15) is 0 Å². The first-order valence-corrected chi connectivity index (χ1v) is 14.0. The number of hydrogen-bond acceptors (Lipinski definition) is 4. The summed E-state index contributed by atoms with van der Waals surface area (Å²) < 4.78 is 12.3. The summed E-state index contributed by atoms with van der Waals surface area (Å²) in [4.78, 5) is 18.2. The standard InChI is InChI=1S/C33H40BNO4/c1-31(2)32(3,4)39-34(38-31)25-15-14-23-33(30(36)37,24-22-26-16-8-5-9-17-26)35-29(27-18-10-6-11-19-27)28-20-12-7-13-21-28/h5-13,16-21H,14-15,22-25H2,1-4H3,(H,36,37). The van der Waals surface area contributed by atoms with Crippen LogP contribution in [0.4, 0.5) is 0 Å². The first-order chi connectivity index (χ1) is 18.6. The molecule has 0 bridgehead atoms. The molecule has 39 heavy (non-hydrogen) atoms. The van der Waals surface area contributed by atoms with Gasteiger partial charge in [0, 0.05) is 11.1 Å². The van der Waals surface area contributed by atoms with Gasteiger partial charge < -0.3 is 14.4 Å². The molecule has 1 saturated heterocycles. The maximum Gasteiger partial charge on any atom is 0.457 e. The van der Waals surface area contributed by atoms with Crippen molar-refractivity contribution in [2.75, 3.05) is 0 Å². The Kier molecular flexibility index (Phi) is 9.09. The Labute approximate surface area is 233 Å². The molecular weight excluding hydrogens is 485 g/mol. The molecule has 1 N–H and O–H groups in total. The zero-order valence-corrected chi connectivity index (χ0v) is 23.6. The summed E-state index contributed by atoms with van der Waals surface area (Å²) in [5.41, 5.74) is 1.62. The first kappa shape index (κ1) is 28.8. The van der Waals surface area contributed by atoms with E-state index in [9.17, 15) is 9.90 Å². The number of unbranched alkanes of at least 4 members (excludes halogenated alkanes) is 1. The van der Waals surface area contributed by atoms with Crippen LogP contribution >= 0.6 is 0 Å². The van der Waals surface area contributed by atoms with Gasteiger partial charge in [0.2, 0.25) is 0 Å². The molecule has 5 nitrogen and oxygen atoms in total. The van der Waals surface area contributed by atoms with Crippen molar-refractivity contribution in [1.82, 2.24) is 0 Å². The average molecular weight is 525 g/mol. The first-order valence-electron chi connectivity index (χ1n) is 14.0. The molecule has 0 radical (unpaired) electrons. The van der Waals surface area contributed by atoms with Gasteiger partial charge in [-0.05, 0) is 58.8 Å². The van der Waals surface area contributed by atoms with Crippen molar-refractivity contribution in [3.05, 3.63) is 108 Å². The molecular formula is C33H40BNO4. The number of carboxylic acid groups (broad SMARTS) is 1. The number of benzene rings is 3. The molecule has 1 aliphatic rings. The monoisotopic (exact) mass is 525 g/mol. The van der Waals surface area contributed by atoms with E-state index < -0.39 is 11.5 Å². The highest BCUT2D eigenvalue weighted by molar-refractivity contribution is 6.45. The van der Waals surface area contributed by atoms with Gasteiger partial charge in [-0.2, -0.15) is 0 Å². The van der Waals surface area contributed by atoms with E-state index in [1.165, 1.54) is 0 Å². The second kappa shape index (κ2) is 12.3. The molecule has 6 heteroatoms. The van der Waals surface area contributed by atoms with Crippen molar-refractivity contribution in [3.8, 4) is 0 Å². The summed E-state index contributed by atoms with van der Waals surface area (Å²) >= 11 is 0. The van der Waals surface area contributed by atoms with E-state index in [4.69, 9.17) is 14.3 Å².